The molecule has 0 spiro atoms. The van der Waals surface area contributed by atoms with Gasteiger partial charge in [0.15, 0.2) is 0 Å². The number of halogens is 3. The van der Waals surface area contributed by atoms with Gasteiger partial charge in [0.2, 0.25) is 15.9 Å². The van der Waals surface area contributed by atoms with Crippen LogP contribution in [0.5, 0.6) is 17.2 Å². The average Bonchev–Trinajstić information content (AvgIpc) is 2.65. The van der Waals surface area contributed by atoms with E-state index in [0.29, 0.717) is 0 Å². The van der Waals surface area contributed by atoms with E-state index in [-0.39, 0.29) is 28.7 Å². The van der Waals surface area contributed by atoms with E-state index >= 15 is 0 Å². The minimum absolute atomic E-state index is 0.0351. The monoisotopic (exact) mass is 430 g/mol. The Bertz CT molecular complexity index is 1040. The first-order valence-corrected chi connectivity index (χ1v) is 9.92. The van der Waals surface area contributed by atoms with Crippen molar-refractivity contribution in [1.82, 2.24) is 4.31 Å². The van der Waals surface area contributed by atoms with Crippen molar-refractivity contribution in [3.05, 3.63) is 48.0 Å². The van der Waals surface area contributed by atoms with E-state index in [1.165, 1.54) is 44.5 Å². The molecule has 1 unspecified atom stereocenters. The van der Waals surface area contributed by atoms with Crippen LogP contribution in [0.1, 0.15) is 5.56 Å². The standard InChI is InChI=1S/C18H17F3N2O5S/c1-23-15(10-29(23,25)26)17(24)22-14-9-13(6-7-16(14)27-2)28-12-5-3-4-11(8-12)18(19,20)21/h3-9,15H,10H2,1-2H3,(H,22,24). The second kappa shape index (κ2) is 7.56. The van der Waals surface area contributed by atoms with Gasteiger partial charge in [-0.15, -0.1) is 0 Å². The molecule has 1 heterocycles. The van der Waals surface area contributed by atoms with Gasteiger partial charge in [0, 0.05) is 13.1 Å². The van der Waals surface area contributed by atoms with Gasteiger partial charge in [-0.05, 0) is 30.3 Å². The minimum Gasteiger partial charge on any atom is -0.495 e. The zero-order valence-corrected chi connectivity index (χ0v) is 16.2. The molecule has 2 aromatic rings. The summed E-state index contributed by atoms with van der Waals surface area (Å²) >= 11 is 0. The van der Waals surface area contributed by atoms with Crippen molar-refractivity contribution in [2.75, 3.05) is 25.2 Å². The van der Waals surface area contributed by atoms with Crippen molar-refractivity contribution in [2.45, 2.75) is 12.2 Å². The van der Waals surface area contributed by atoms with Gasteiger partial charge in [0.25, 0.3) is 0 Å². The summed E-state index contributed by atoms with van der Waals surface area (Å²) in [4.78, 5) is 12.3. The maximum Gasteiger partial charge on any atom is 0.416 e. The molecule has 0 aliphatic carbocycles. The van der Waals surface area contributed by atoms with Gasteiger partial charge in [0.05, 0.1) is 24.1 Å². The van der Waals surface area contributed by atoms with E-state index in [2.05, 4.69) is 5.32 Å². The molecule has 1 atom stereocenters. The summed E-state index contributed by atoms with van der Waals surface area (Å²) in [6.07, 6.45) is -4.51. The predicted octanol–water partition coefficient (Wildman–Crippen LogP) is 3.09. The summed E-state index contributed by atoms with van der Waals surface area (Å²) in [7, 11) is -0.730. The number of methoxy groups -OCH3 is 1. The predicted molar refractivity (Wildman–Crippen MR) is 98.5 cm³/mol. The lowest BCUT2D eigenvalue weighted by molar-refractivity contribution is -0.137. The fourth-order valence-electron chi connectivity index (χ4n) is 2.71. The van der Waals surface area contributed by atoms with Crippen LogP contribution < -0.4 is 14.8 Å². The summed E-state index contributed by atoms with van der Waals surface area (Å²) in [5.74, 6) is -0.462. The first-order chi connectivity index (χ1) is 13.5. The van der Waals surface area contributed by atoms with Gasteiger partial charge >= 0.3 is 6.18 Å². The summed E-state index contributed by atoms with van der Waals surface area (Å²) in [5.41, 5.74) is -0.661. The van der Waals surface area contributed by atoms with Crippen LogP contribution >= 0.6 is 0 Å². The number of hydrogen-bond donors (Lipinski definition) is 1. The Hall–Kier alpha value is -2.79. The molecule has 1 fully saturated rings. The number of nitrogens with one attached hydrogen (secondary N) is 1. The molecule has 156 valence electrons. The molecule has 1 aliphatic heterocycles. The van der Waals surface area contributed by atoms with Gasteiger partial charge in [0.1, 0.15) is 23.3 Å². The highest BCUT2D eigenvalue weighted by Crippen LogP contribution is 2.35. The number of alkyl halides is 3. The van der Waals surface area contributed by atoms with Crippen molar-refractivity contribution in [3.63, 3.8) is 0 Å². The van der Waals surface area contributed by atoms with E-state index in [9.17, 15) is 26.4 Å². The third-order valence-electron chi connectivity index (χ3n) is 4.37. The number of sulfonamides is 1. The number of nitrogens with zero attached hydrogens (tertiary/aromatic N) is 1. The Morgan fingerprint density at radius 1 is 1.17 bits per heavy atom. The summed E-state index contributed by atoms with van der Waals surface area (Å²) in [5, 5.41) is 2.56. The van der Waals surface area contributed by atoms with Crippen molar-refractivity contribution in [2.24, 2.45) is 0 Å². The summed E-state index contributed by atoms with van der Waals surface area (Å²) in [6.45, 7) is 0. The van der Waals surface area contributed by atoms with E-state index < -0.39 is 33.7 Å². The SMILES string of the molecule is COc1ccc(Oc2cccc(C(F)(F)F)c2)cc1NC(=O)C1CS(=O)(=O)N1C. The number of benzene rings is 2. The number of carbonyl (C=O) groups is 1. The smallest absolute Gasteiger partial charge is 0.416 e. The second-order valence-corrected chi connectivity index (χ2v) is 8.36. The fraction of sp³-hybridized carbons (Fsp3) is 0.278. The quantitative estimate of drug-likeness (QED) is 0.788. The molecule has 2 aromatic carbocycles. The Balaban J connectivity index is 1.80. The maximum atomic E-state index is 12.8. The Morgan fingerprint density at radius 2 is 1.86 bits per heavy atom. The second-order valence-electron chi connectivity index (χ2n) is 6.29. The van der Waals surface area contributed by atoms with Crippen molar-refractivity contribution >= 4 is 21.6 Å². The van der Waals surface area contributed by atoms with Gasteiger partial charge in [-0.2, -0.15) is 17.5 Å². The Kier molecular flexibility index (Phi) is 5.46. The van der Waals surface area contributed by atoms with Crippen LogP contribution in [0.25, 0.3) is 0 Å². The van der Waals surface area contributed by atoms with Crippen LogP contribution in [-0.2, 0) is 21.0 Å². The lowest BCUT2D eigenvalue weighted by atomic mass is 10.2. The molecule has 3 rings (SSSR count). The van der Waals surface area contributed by atoms with Crippen molar-refractivity contribution in [1.29, 1.82) is 0 Å². The Labute approximate surface area is 165 Å². The molecular weight excluding hydrogens is 413 g/mol. The first kappa shape index (κ1) is 20.9. The van der Waals surface area contributed by atoms with Crippen LogP contribution in [0.2, 0.25) is 0 Å². The lowest BCUT2D eigenvalue weighted by Crippen LogP contribution is -2.59. The fourth-order valence-corrected chi connectivity index (χ4v) is 4.02. The topological polar surface area (TPSA) is 84.9 Å². The zero-order chi connectivity index (χ0) is 21.4. The van der Waals surface area contributed by atoms with Crippen LogP contribution in [0.3, 0.4) is 0 Å². The number of amides is 1. The number of hydrogen-bond acceptors (Lipinski definition) is 5. The van der Waals surface area contributed by atoms with Gasteiger partial charge in [-0.25, -0.2) is 8.42 Å². The number of likely N-dealkylation sites (N-methyl/N-ethyl adjacent to an activating group) is 1. The van der Waals surface area contributed by atoms with Crippen LogP contribution in [0.4, 0.5) is 18.9 Å². The third-order valence-corrected chi connectivity index (χ3v) is 6.24. The highest BCUT2D eigenvalue weighted by molar-refractivity contribution is 7.90. The van der Waals surface area contributed by atoms with Crippen LogP contribution in [-0.4, -0.2) is 44.6 Å². The zero-order valence-electron chi connectivity index (χ0n) is 15.4. The number of carbonyl (C=O) groups excluding carboxylic acids is 1. The molecule has 0 aromatic heterocycles. The molecule has 7 nitrogen and oxygen atoms in total. The normalized spacial score (nSPS) is 18.6. The maximum absolute atomic E-state index is 12.8. The van der Waals surface area contributed by atoms with E-state index in [1.54, 1.807) is 0 Å². The third kappa shape index (κ3) is 4.46. The molecule has 1 aliphatic rings. The molecule has 11 heteroatoms. The molecule has 0 bridgehead atoms. The molecule has 0 radical (unpaired) electrons. The molecule has 29 heavy (non-hydrogen) atoms. The molecule has 1 saturated heterocycles. The van der Waals surface area contributed by atoms with Crippen LogP contribution in [0, 0.1) is 0 Å². The van der Waals surface area contributed by atoms with E-state index in [4.69, 9.17) is 9.47 Å². The molecular formula is C18H17F3N2O5S. The minimum atomic E-state index is -4.51. The largest absolute Gasteiger partial charge is 0.495 e. The van der Waals surface area contributed by atoms with Crippen LogP contribution in [0.15, 0.2) is 42.5 Å². The summed E-state index contributed by atoms with van der Waals surface area (Å²) < 4.78 is 73.1. The Morgan fingerprint density at radius 3 is 2.45 bits per heavy atom. The van der Waals surface area contributed by atoms with Gasteiger partial charge in [-0.1, -0.05) is 6.07 Å². The highest BCUT2D eigenvalue weighted by Gasteiger charge is 2.44. The number of ether oxygens (including phenoxy) is 2. The van der Waals surface area contributed by atoms with Gasteiger partial charge in [-0.3, -0.25) is 4.79 Å². The first-order valence-electron chi connectivity index (χ1n) is 8.31. The molecule has 1 amide bonds. The highest BCUT2D eigenvalue weighted by atomic mass is 32.2. The molecule has 0 saturated carbocycles. The van der Waals surface area contributed by atoms with Crippen molar-refractivity contribution in [3.8, 4) is 17.2 Å². The number of rotatable bonds is 5. The average molecular weight is 430 g/mol. The van der Waals surface area contributed by atoms with E-state index in [1.807, 2.05) is 0 Å². The summed E-state index contributed by atoms with van der Waals surface area (Å²) in [6, 6.07) is 7.84. The van der Waals surface area contributed by atoms with Crippen molar-refractivity contribution < 1.29 is 35.9 Å². The number of anilines is 1. The molecule has 1 N–H and O–H groups in total. The lowest BCUT2D eigenvalue weighted by Gasteiger charge is -2.35. The van der Waals surface area contributed by atoms with Gasteiger partial charge < -0.3 is 14.8 Å². The van der Waals surface area contributed by atoms with E-state index in [0.717, 1.165) is 16.4 Å².